The van der Waals surface area contributed by atoms with E-state index in [1.807, 2.05) is 6.07 Å². The molecule has 0 N–H and O–H groups in total. The Labute approximate surface area is 248 Å². The average molecular weight is 582 g/mol. The van der Waals surface area contributed by atoms with Gasteiger partial charge in [0.1, 0.15) is 0 Å². The lowest BCUT2D eigenvalue weighted by molar-refractivity contribution is -0.131. The maximum atomic E-state index is 13.8. The Balaban J connectivity index is 1.32. The Morgan fingerprint density at radius 3 is 2.33 bits per heavy atom. The summed E-state index contributed by atoms with van der Waals surface area (Å²) < 4.78 is 6.47. The number of aromatic nitrogens is 2. The third-order valence-corrected chi connectivity index (χ3v) is 13.4. The second-order valence-corrected chi connectivity index (χ2v) is 15.5. The fourth-order valence-corrected chi connectivity index (χ4v) is 11.8. The maximum absolute atomic E-state index is 13.8. The van der Waals surface area contributed by atoms with Gasteiger partial charge in [-0.25, -0.2) is 0 Å². The molecule has 1 aromatic heterocycles. The molecule has 0 saturated heterocycles. The smallest absolute Gasteiger partial charge is 0.250 e. The molecule has 6 heteroatoms. The van der Waals surface area contributed by atoms with Crippen molar-refractivity contribution in [3.63, 3.8) is 0 Å². The van der Waals surface area contributed by atoms with E-state index >= 15 is 0 Å². The third kappa shape index (κ3) is 3.54. The van der Waals surface area contributed by atoms with E-state index in [4.69, 9.17) is 27.6 Å². The summed E-state index contributed by atoms with van der Waals surface area (Å²) >= 11 is 13.0. The molecule has 2 aromatic rings. The van der Waals surface area contributed by atoms with Crippen molar-refractivity contribution in [1.29, 1.82) is 0 Å². The summed E-state index contributed by atoms with van der Waals surface area (Å²) in [5.74, 6) is 4.86. The topological polar surface area (TPSA) is 56.0 Å². The predicted octanol–water partition coefficient (Wildman–Crippen LogP) is 9.50. The minimum Gasteiger partial charge on any atom is -0.420 e. The van der Waals surface area contributed by atoms with Crippen LogP contribution in [0.25, 0.3) is 11.5 Å². The Kier molecular flexibility index (Phi) is 6.24. The van der Waals surface area contributed by atoms with Crippen LogP contribution in [0.15, 0.2) is 33.8 Å². The first-order valence-electron chi connectivity index (χ1n) is 15.6. The van der Waals surface area contributed by atoms with Crippen LogP contribution in [-0.2, 0) is 10.2 Å². The zero-order valence-corrected chi connectivity index (χ0v) is 26.0. The molecule has 4 fully saturated rings. The van der Waals surface area contributed by atoms with Crippen LogP contribution in [0.5, 0.6) is 0 Å². The van der Waals surface area contributed by atoms with Crippen molar-refractivity contribution in [2.24, 2.45) is 46.3 Å². The fourth-order valence-electron chi connectivity index (χ4n) is 11.2. The van der Waals surface area contributed by atoms with E-state index in [0.29, 0.717) is 56.5 Å². The Morgan fingerprint density at radius 1 is 0.925 bits per heavy atom. The van der Waals surface area contributed by atoms with E-state index in [1.165, 1.54) is 44.1 Å². The molecule has 4 saturated carbocycles. The summed E-state index contributed by atoms with van der Waals surface area (Å²) in [4.78, 5) is 13.8. The second kappa shape index (κ2) is 9.17. The van der Waals surface area contributed by atoms with Gasteiger partial charge in [0, 0.05) is 6.42 Å². The van der Waals surface area contributed by atoms with Crippen LogP contribution in [0, 0.1) is 46.3 Å². The molecule has 0 aliphatic heterocycles. The van der Waals surface area contributed by atoms with Gasteiger partial charge in [-0.3, -0.25) is 4.79 Å². The van der Waals surface area contributed by atoms with Crippen LogP contribution in [0.2, 0.25) is 10.0 Å². The highest BCUT2D eigenvalue weighted by Gasteiger charge is 2.65. The van der Waals surface area contributed by atoms with Gasteiger partial charge < -0.3 is 4.42 Å². The van der Waals surface area contributed by atoms with Crippen molar-refractivity contribution >= 4 is 29.0 Å². The van der Waals surface area contributed by atoms with Gasteiger partial charge in [0.2, 0.25) is 5.89 Å². The molecule has 5 aliphatic rings. The van der Waals surface area contributed by atoms with Crippen molar-refractivity contribution in [2.45, 2.75) is 97.8 Å². The number of carbonyl (C=O) groups excluding carboxylic acids is 1. The molecule has 8 unspecified atom stereocenters. The molecule has 5 aliphatic carbocycles. The molecule has 0 spiro atoms. The first kappa shape index (κ1) is 27.2. The van der Waals surface area contributed by atoms with Gasteiger partial charge in [0.25, 0.3) is 5.89 Å². The first-order chi connectivity index (χ1) is 19.0. The molecule has 7 rings (SSSR count). The molecule has 0 amide bonds. The lowest BCUT2D eigenvalue weighted by Gasteiger charge is -2.64. The minimum atomic E-state index is -0.511. The lowest BCUT2D eigenvalue weighted by atomic mass is 9.40. The van der Waals surface area contributed by atoms with Gasteiger partial charge in [-0.05, 0) is 121 Å². The quantitative estimate of drug-likeness (QED) is 0.362. The van der Waals surface area contributed by atoms with E-state index in [9.17, 15) is 4.79 Å². The normalized spacial score (nSPS) is 40.7. The van der Waals surface area contributed by atoms with Crippen molar-refractivity contribution in [3.8, 4) is 11.5 Å². The average Bonchev–Trinajstić information content (AvgIpc) is 3.58. The number of hydrogen-bond donors (Lipinski definition) is 0. The molecule has 8 atom stereocenters. The number of benzene rings is 1. The van der Waals surface area contributed by atoms with Crippen molar-refractivity contribution in [1.82, 2.24) is 10.2 Å². The highest BCUT2D eigenvalue weighted by atomic mass is 35.5. The number of halogens is 2. The number of allylic oxidation sites excluding steroid dienone is 2. The summed E-state index contributed by atoms with van der Waals surface area (Å²) in [7, 11) is 0. The third-order valence-electron chi connectivity index (χ3n) is 12.8. The zero-order valence-electron chi connectivity index (χ0n) is 24.5. The Hall–Kier alpha value is -1.65. The molecule has 40 heavy (non-hydrogen) atoms. The summed E-state index contributed by atoms with van der Waals surface area (Å²) in [5, 5.41) is 10.1. The van der Waals surface area contributed by atoms with Crippen LogP contribution >= 0.6 is 23.2 Å². The SMILES string of the molecule is CC(C)C1=C2C3CCC4C5(C)CCC(C)C5CCC4(C)C3CCC2(c2nnc(-c3c(Cl)cccc3Cl)o2)CC1=O. The van der Waals surface area contributed by atoms with Crippen LogP contribution in [0.4, 0.5) is 0 Å². The monoisotopic (exact) mass is 580 g/mol. The molecular weight excluding hydrogens is 539 g/mol. The Morgan fingerprint density at radius 2 is 1.60 bits per heavy atom. The van der Waals surface area contributed by atoms with E-state index in [-0.39, 0.29) is 11.7 Å². The molecule has 0 bridgehead atoms. The van der Waals surface area contributed by atoms with Crippen molar-refractivity contribution in [2.75, 3.05) is 0 Å². The molecule has 1 heterocycles. The summed E-state index contributed by atoms with van der Waals surface area (Å²) in [5.41, 5.74) is 3.22. The van der Waals surface area contributed by atoms with Gasteiger partial charge in [0.15, 0.2) is 5.78 Å². The number of rotatable bonds is 3. The lowest BCUT2D eigenvalue weighted by Crippen LogP contribution is -2.57. The minimum absolute atomic E-state index is 0.179. The van der Waals surface area contributed by atoms with Crippen molar-refractivity contribution < 1.29 is 9.21 Å². The number of nitrogens with zero attached hydrogens (tertiary/aromatic N) is 2. The summed E-state index contributed by atoms with van der Waals surface area (Å²) in [6.07, 6.45) is 10.3. The zero-order chi connectivity index (χ0) is 28.2. The van der Waals surface area contributed by atoms with Crippen LogP contribution in [0.1, 0.15) is 98.3 Å². The molecule has 214 valence electrons. The van der Waals surface area contributed by atoms with E-state index in [0.717, 1.165) is 36.2 Å². The standard InChI is InChI=1S/C34H42Cl2N2O2/c1-18(2)27-25(39)17-34(31-38-37-30(40-31)28-23(35)7-6-8-24(28)36)16-13-22-20(29(27)34)9-10-26-32(4)14-11-19(3)21(32)12-15-33(22,26)5/h6-8,18-22,26H,9-17H2,1-5H3. The van der Waals surface area contributed by atoms with E-state index in [1.54, 1.807) is 12.1 Å². The van der Waals surface area contributed by atoms with Gasteiger partial charge >= 0.3 is 0 Å². The Bertz CT molecular complexity index is 1390. The van der Waals surface area contributed by atoms with Gasteiger partial charge in [0.05, 0.1) is 21.0 Å². The van der Waals surface area contributed by atoms with Gasteiger partial charge in [-0.2, -0.15) is 0 Å². The highest BCUT2D eigenvalue weighted by Crippen LogP contribution is 2.72. The number of ketones is 1. The van der Waals surface area contributed by atoms with Crippen LogP contribution in [-0.4, -0.2) is 16.0 Å². The molecule has 1 aromatic carbocycles. The number of carbonyl (C=O) groups is 1. The van der Waals surface area contributed by atoms with Gasteiger partial charge in [-0.15, -0.1) is 10.2 Å². The maximum Gasteiger partial charge on any atom is 0.250 e. The first-order valence-corrected chi connectivity index (χ1v) is 16.3. The summed E-state index contributed by atoms with van der Waals surface area (Å²) in [6, 6.07) is 5.39. The van der Waals surface area contributed by atoms with E-state index < -0.39 is 5.41 Å². The molecule has 0 radical (unpaired) electrons. The molecule has 4 nitrogen and oxygen atoms in total. The predicted molar refractivity (Wildman–Crippen MR) is 159 cm³/mol. The number of fused-ring (bicyclic) bond motifs is 7. The number of hydrogen-bond acceptors (Lipinski definition) is 4. The van der Waals surface area contributed by atoms with Crippen LogP contribution < -0.4 is 0 Å². The number of Topliss-reactive ketones (excluding diaryl/α,β-unsaturated/α-hetero) is 1. The summed E-state index contributed by atoms with van der Waals surface area (Å²) in [6.45, 7) is 12.1. The largest absolute Gasteiger partial charge is 0.420 e. The van der Waals surface area contributed by atoms with Crippen molar-refractivity contribution in [3.05, 3.63) is 45.3 Å². The highest BCUT2D eigenvalue weighted by molar-refractivity contribution is 6.38. The molecular formula is C34H42Cl2N2O2. The van der Waals surface area contributed by atoms with Crippen LogP contribution in [0.3, 0.4) is 0 Å². The van der Waals surface area contributed by atoms with E-state index in [2.05, 4.69) is 44.8 Å². The second-order valence-electron chi connectivity index (χ2n) is 14.7. The fraction of sp³-hybridized carbons (Fsp3) is 0.676. The van der Waals surface area contributed by atoms with Gasteiger partial charge in [-0.1, -0.05) is 63.9 Å².